The minimum atomic E-state index is 0.167. The molecule has 33 heavy (non-hydrogen) atoms. The van der Waals surface area contributed by atoms with Crippen LogP contribution in [-0.2, 0) is 16.1 Å². The van der Waals surface area contributed by atoms with Crippen LogP contribution in [0.1, 0.15) is 116 Å². The van der Waals surface area contributed by atoms with E-state index in [2.05, 4.69) is 57.4 Å². The number of thioether (sulfide) groups is 1. The third-order valence-electron chi connectivity index (χ3n) is 6.11. The van der Waals surface area contributed by atoms with Gasteiger partial charge in [0, 0.05) is 6.61 Å². The molecule has 1 aromatic rings. The van der Waals surface area contributed by atoms with E-state index in [4.69, 9.17) is 9.47 Å². The fourth-order valence-corrected chi connectivity index (χ4v) is 4.74. The van der Waals surface area contributed by atoms with Crippen molar-refractivity contribution in [3.63, 3.8) is 0 Å². The number of benzene rings is 1. The maximum atomic E-state index is 6.21. The van der Waals surface area contributed by atoms with E-state index >= 15 is 0 Å². The molecule has 0 aliphatic heterocycles. The first-order chi connectivity index (χ1) is 16.0. The van der Waals surface area contributed by atoms with E-state index in [0.717, 1.165) is 13.0 Å². The average molecular weight is 479 g/mol. The Bertz CT molecular complexity index is 526. The molecule has 3 heteroatoms. The van der Waals surface area contributed by atoms with Crippen LogP contribution in [-0.4, -0.2) is 31.3 Å². The largest absolute Gasteiger partial charge is 0.379 e. The van der Waals surface area contributed by atoms with Gasteiger partial charge in [-0.1, -0.05) is 122 Å². The Morgan fingerprint density at radius 1 is 0.727 bits per heavy atom. The van der Waals surface area contributed by atoms with Crippen molar-refractivity contribution in [2.45, 2.75) is 123 Å². The third kappa shape index (κ3) is 20.6. The van der Waals surface area contributed by atoms with Crippen LogP contribution >= 0.6 is 11.8 Å². The Morgan fingerprint density at radius 2 is 1.24 bits per heavy atom. The van der Waals surface area contributed by atoms with Gasteiger partial charge in [-0.05, 0) is 42.2 Å². The molecule has 0 aromatic heterocycles. The summed E-state index contributed by atoms with van der Waals surface area (Å²) in [6.45, 7) is 9.08. The monoisotopic (exact) mass is 478 g/mol. The normalized spacial score (nSPS) is 12.8. The summed E-state index contributed by atoms with van der Waals surface area (Å²) in [5, 5.41) is 0. The van der Waals surface area contributed by atoms with Crippen molar-refractivity contribution >= 4 is 11.8 Å². The van der Waals surface area contributed by atoms with E-state index in [9.17, 15) is 0 Å². The smallest absolute Gasteiger partial charge is 0.0818 e. The highest BCUT2D eigenvalue weighted by atomic mass is 32.2. The summed E-state index contributed by atoms with van der Waals surface area (Å²) in [6, 6.07) is 10.5. The molecule has 0 amide bonds. The molecule has 192 valence electrons. The summed E-state index contributed by atoms with van der Waals surface area (Å²) < 4.78 is 12.2. The molecule has 0 spiro atoms. The first-order valence-corrected chi connectivity index (χ1v) is 15.1. The van der Waals surface area contributed by atoms with Crippen LogP contribution in [0.3, 0.4) is 0 Å². The van der Waals surface area contributed by atoms with Gasteiger partial charge in [-0.3, -0.25) is 0 Å². The molecule has 0 fully saturated rings. The molecule has 0 saturated carbocycles. The lowest BCUT2D eigenvalue weighted by molar-refractivity contribution is -0.0430. The molecular formula is C30H54O2S. The quantitative estimate of drug-likeness (QED) is 0.155. The molecule has 1 rings (SSSR count). The number of rotatable bonds is 22. The standard InChI is InChI=1S/C30H54O2S/c1-30(2,3)25-29(32-26-28-21-17-16-18-22-28)27-31-23-19-14-12-10-8-6-5-7-9-11-13-15-20-24-33-4/h16-18,21-22,29H,5-15,19-20,23-27H2,1-4H3. The maximum Gasteiger partial charge on any atom is 0.0818 e. The first-order valence-electron chi connectivity index (χ1n) is 13.7. The highest BCUT2D eigenvalue weighted by molar-refractivity contribution is 7.98. The number of unbranched alkanes of at least 4 members (excludes halogenated alkanes) is 12. The minimum absolute atomic E-state index is 0.167. The molecule has 0 saturated heterocycles. The van der Waals surface area contributed by atoms with Gasteiger partial charge in [-0.25, -0.2) is 0 Å². The average Bonchev–Trinajstić information content (AvgIpc) is 2.79. The molecule has 0 aliphatic rings. The van der Waals surface area contributed by atoms with E-state index in [1.165, 1.54) is 94.8 Å². The number of ether oxygens (including phenoxy) is 2. The summed E-state index contributed by atoms with van der Waals surface area (Å²) in [6.07, 6.45) is 21.5. The van der Waals surface area contributed by atoms with Crippen molar-refractivity contribution in [2.24, 2.45) is 5.41 Å². The zero-order valence-corrected chi connectivity index (χ0v) is 23.2. The predicted octanol–water partition coefficient (Wildman–Crippen LogP) is 9.46. The lowest BCUT2D eigenvalue weighted by atomic mass is 9.89. The minimum Gasteiger partial charge on any atom is -0.379 e. The van der Waals surface area contributed by atoms with Crippen molar-refractivity contribution in [1.29, 1.82) is 0 Å². The van der Waals surface area contributed by atoms with Gasteiger partial charge in [-0.15, -0.1) is 0 Å². The van der Waals surface area contributed by atoms with E-state index in [1.54, 1.807) is 0 Å². The van der Waals surface area contributed by atoms with Gasteiger partial charge >= 0.3 is 0 Å². The van der Waals surface area contributed by atoms with Crippen molar-refractivity contribution < 1.29 is 9.47 Å². The fraction of sp³-hybridized carbons (Fsp3) is 0.800. The highest BCUT2D eigenvalue weighted by Crippen LogP contribution is 2.23. The van der Waals surface area contributed by atoms with E-state index in [-0.39, 0.29) is 11.5 Å². The highest BCUT2D eigenvalue weighted by Gasteiger charge is 2.19. The number of hydrogen-bond acceptors (Lipinski definition) is 3. The van der Waals surface area contributed by atoms with Crippen LogP contribution in [0.4, 0.5) is 0 Å². The first kappa shape index (κ1) is 30.5. The summed E-state index contributed by atoms with van der Waals surface area (Å²) in [7, 11) is 0. The molecule has 0 radical (unpaired) electrons. The Morgan fingerprint density at radius 3 is 1.76 bits per heavy atom. The molecule has 1 aromatic carbocycles. The van der Waals surface area contributed by atoms with Crippen LogP contribution in [0.2, 0.25) is 0 Å². The Balaban J connectivity index is 1.95. The van der Waals surface area contributed by atoms with Crippen LogP contribution in [0.5, 0.6) is 0 Å². The van der Waals surface area contributed by atoms with Gasteiger partial charge in [0.05, 0.1) is 19.3 Å². The van der Waals surface area contributed by atoms with Crippen LogP contribution in [0.15, 0.2) is 30.3 Å². The molecule has 1 atom stereocenters. The Hall–Kier alpha value is -0.510. The SMILES string of the molecule is CSCCCCCCCCCCCCCCCOCC(CC(C)(C)C)OCc1ccccc1. The summed E-state index contributed by atoms with van der Waals surface area (Å²) in [5.41, 5.74) is 1.48. The van der Waals surface area contributed by atoms with Crippen molar-refractivity contribution in [3.8, 4) is 0 Å². The van der Waals surface area contributed by atoms with E-state index < -0.39 is 0 Å². The second-order valence-electron chi connectivity index (χ2n) is 10.8. The van der Waals surface area contributed by atoms with Gasteiger partial charge in [0.25, 0.3) is 0 Å². The van der Waals surface area contributed by atoms with E-state index in [1.807, 2.05) is 11.8 Å². The molecule has 2 nitrogen and oxygen atoms in total. The van der Waals surface area contributed by atoms with Crippen molar-refractivity contribution in [1.82, 2.24) is 0 Å². The maximum absolute atomic E-state index is 6.21. The van der Waals surface area contributed by atoms with Crippen LogP contribution < -0.4 is 0 Å². The fourth-order valence-electron chi connectivity index (χ4n) is 4.25. The van der Waals surface area contributed by atoms with Gasteiger partial charge < -0.3 is 9.47 Å². The molecule has 0 bridgehead atoms. The zero-order valence-electron chi connectivity index (χ0n) is 22.4. The summed E-state index contributed by atoms with van der Waals surface area (Å²) >= 11 is 1.98. The predicted molar refractivity (Wildman–Crippen MR) is 148 cm³/mol. The Kier molecular flexibility index (Phi) is 19.3. The Labute approximate surface area is 211 Å². The van der Waals surface area contributed by atoms with Crippen molar-refractivity contribution in [2.75, 3.05) is 25.2 Å². The second kappa shape index (κ2) is 20.8. The van der Waals surface area contributed by atoms with Gasteiger partial charge in [0.2, 0.25) is 0 Å². The molecule has 0 aliphatic carbocycles. The summed E-state index contributed by atoms with van der Waals surface area (Å²) in [4.78, 5) is 0. The van der Waals surface area contributed by atoms with Crippen LogP contribution in [0.25, 0.3) is 0 Å². The van der Waals surface area contributed by atoms with E-state index in [0.29, 0.717) is 13.2 Å². The van der Waals surface area contributed by atoms with Gasteiger partial charge in [0.15, 0.2) is 0 Å². The zero-order chi connectivity index (χ0) is 24.0. The van der Waals surface area contributed by atoms with Gasteiger partial charge in [-0.2, -0.15) is 11.8 Å². The lowest BCUT2D eigenvalue weighted by Crippen LogP contribution is -2.26. The summed E-state index contributed by atoms with van der Waals surface area (Å²) in [5.74, 6) is 1.34. The molecular weight excluding hydrogens is 424 g/mol. The topological polar surface area (TPSA) is 18.5 Å². The van der Waals surface area contributed by atoms with Gasteiger partial charge in [0.1, 0.15) is 0 Å². The van der Waals surface area contributed by atoms with Crippen molar-refractivity contribution in [3.05, 3.63) is 35.9 Å². The molecule has 1 unspecified atom stereocenters. The van der Waals surface area contributed by atoms with Crippen LogP contribution in [0, 0.1) is 5.41 Å². The molecule has 0 heterocycles. The number of hydrogen-bond donors (Lipinski definition) is 0. The lowest BCUT2D eigenvalue weighted by Gasteiger charge is -2.26. The molecule has 0 N–H and O–H groups in total. The third-order valence-corrected chi connectivity index (χ3v) is 6.81. The second-order valence-corrected chi connectivity index (χ2v) is 11.8.